The molecule has 0 spiro atoms. The molecule has 0 aliphatic heterocycles. The number of hydrogen-bond acceptors (Lipinski definition) is 1. The molecule has 0 saturated carbocycles. The minimum absolute atomic E-state index is 0.0634. The minimum Gasteiger partial charge on any atom is -0.294 e. The fourth-order valence-electron chi connectivity index (χ4n) is 1.62. The van der Waals surface area contributed by atoms with Gasteiger partial charge in [0.1, 0.15) is 0 Å². The molecule has 2 aromatic rings. The number of benzene rings is 2. The summed E-state index contributed by atoms with van der Waals surface area (Å²) < 4.78 is 1.86. The number of carbonyl (C=O) groups is 1. The summed E-state index contributed by atoms with van der Waals surface area (Å²) in [7, 11) is 0. The fourth-order valence-corrected chi connectivity index (χ4v) is 2.78. The molecule has 0 saturated heterocycles. The summed E-state index contributed by atoms with van der Waals surface area (Å²) in [6, 6.07) is 13.1. The zero-order valence-corrected chi connectivity index (χ0v) is 13.8. The van der Waals surface area contributed by atoms with Crippen molar-refractivity contribution < 1.29 is 4.79 Å². The Balaban J connectivity index is 2.28. The summed E-state index contributed by atoms with van der Waals surface area (Å²) in [5.41, 5.74) is 1.55. The van der Waals surface area contributed by atoms with Crippen molar-refractivity contribution in [3.05, 3.63) is 66.7 Å². The molecule has 4 heteroatoms. The molecule has 18 heavy (non-hydrogen) atoms. The van der Waals surface area contributed by atoms with Crippen LogP contribution < -0.4 is 0 Å². The molecule has 0 fully saturated rings. The first-order valence-electron chi connectivity index (χ1n) is 5.29. The van der Waals surface area contributed by atoms with E-state index < -0.39 is 0 Å². The number of hydrogen-bond donors (Lipinski definition) is 0. The van der Waals surface area contributed by atoms with E-state index in [2.05, 4.69) is 38.5 Å². The van der Waals surface area contributed by atoms with Gasteiger partial charge in [-0.05, 0) is 52.4 Å². The summed E-state index contributed by atoms with van der Waals surface area (Å²) in [6.07, 6.45) is 0.318. The van der Waals surface area contributed by atoms with Gasteiger partial charge in [0.2, 0.25) is 0 Å². The molecule has 0 radical (unpaired) electrons. The van der Waals surface area contributed by atoms with Gasteiger partial charge in [0, 0.05) is 25.0 Å². The van der Waals surface area contributed by atoms with Gasteiger partial charge >= 0.3 is 0 Å². The lowest BCUT2D eigenvalue weighted by Gasteiger charge is -2.06. The van der Waals surface area contributed by atoms with E-state index in [1.54, 1.807) is 6.07 Å². The van der Waals surface area contributed by atoms with Crippen LogP contribution in [0, 0.1) is 3.57 Å². The summed E-state index contributed by atoms with van der Waals surface area (Å²) in [5.74, 6) is 0.0634. The molecule has 0 aliphatic carbocycles. The quantitative estimate of drug-likeness (QED) is 0.482. The van der Waals surface area contributed by atoms with E-state index in [1.807, 2.05) is 36.4 Å². The average molecular weight is 435 g/mol. The second kappa shape index (κ2) is 6.17. The fraction of sp³-hybridized carbons (Fsp3) is 0.0714. The van der Waals surface area contributed by atoms with Crippen molar-refractivity contribution in [3.63, 3.8) is 0 Å². The highest BCUT2D eigenvalue weighted by Gasteiger charge is 2.12. The first-order chi connectivity index (χ1) is 8.58. The van der Waals surface area contributed by atoms with Crippen LogP contribution in [0.25, 0.3) is 0 Å². The predicted molar refractivity (Wildman–Crippen MR) is 86.3 cm³/mol. The highest BCUT2D eigenvalue weighted by Crippen LogP contribution is 2.23. The van der Waals surface area contributed by atoms with E-state index in [-0.39, 0.29) is 5.78 Å². The SMILES string of the molecule is O=C(Cc1ccccc1Cl)c1cc(I)ccc1Br. The van der Waals surface area contributed by atoms with Gasteiger partial charge in [-0.1, -0.05) is 45.7 Å². The van der Waals surface area contributed by atoms with Gasteiger partial charge in [-0.3, -0.25) is 4.79 Å². The standard InChI is InChI=1S/C14H9BrClIO/c15-12-6-5-10(17)8-11(12)14(18)7-9-3-1-2-4-13(9)16/h1-6,8H,7H2. The monoisotopic (exact) mass is 434 g/mol. The molecule has 0 atom stereocenters. The number of ketones is 1. The molecule has 0 amide bonds. The second-order valence-corrected chi connectivity index (χ2v) is 6.32. The Morgan fingerprint density at radius 2 is 1.94 bits per heavy atom. The maximum atomic E-state index is 12.2. The Labute approximate surface area is 133 Å². The number of carbonyl (C=O) groups excluding carboxylic acids is 1. The molecule has 0 unspecified atom stereocenters. The predicted octanol–water partition coefficient (Wildman–Crippen LogP) is 5.13. The summed E-state index contributed by atoms with van der Waals surface area (Å²) in [4.78, 5) is 12.2. The Kier molecular flexibility index (Phi) is 4.81. The van der Waals surface area contributed by atoms with Crippen LogP contribution in [0.4, 0.5) is 0 Å². The lowest BCUT2D eigenvalue weighted by Crippen LogP contribution is -2.05. The average Bonchev–Trinajstić information content (AvgIpc) is 2.35. The van der Waals surface area contributed by atoms with Gasteiger partial charge in [-0.15, -0.1) is 0 Å². The highest BCUT2D eigenvalue weighted by atomic mass is 127. The number of halogens is 3. The second-order valence-electron chi connectivity index (χ2n) is 3.82. The maximum Gasteiger partial charge on any atom is 0.168 e. The van der Waals surface area contributed by atoms with Crippen LogP contribution in [-0.4, -0.2) is 5.78 Å². The van der Waals surface area contributed by atoms with Gasteiger partial charge < -0.3 is 0 Å². The molecule has 1 nitrogen and oxygen atoms in total. The van der Waals surface area contributed by atoms with Crippen molar-refractivity contribution in [1.29, 1.82) is 0 Å². The van der Waals surface area contributed by atoms with Crippen LogP contribution >= 0.6 is 50.1 Å². The van der Waals surface area contributed by atoms with Crippen molar-refractivity contribution in [2.75, 3.05) is 0 Å². The minimum atomic E-state index is 0.0634. The van der Waals surface area contributed by atoms with Crippen LogP contribution in [0.5, 0.6) is 0 Å². The summed E-state index contributed by atoms with van der Waals surface area (Å²) in [6.45, 7) is 0. The van der Waals surface area contributed by atoms with Gasteiger partial charge in [0.25, 0.3) is 0 Å². The normalized spacial score (nSPS) is 10.4. The molecule has 0 N–H and O–H groups in total. The van der Waals surface area contributed by atoms with Gasteiger partial charge in [0.05, 0.1) is 0 Å². The third-order valence-electron chi connectivity index (χ3n) is 2.54. The van der Waals surface area contributed by atoms with E-state index in [0.29, 0.717) is 17.0 Å². The smallest absolute Gasteiger partial charge is 0.168 e. The molecule has 2 rings (SSSR count). The van der Waals surface area contributed by atoms with Crippen LogP contribution in [0.3, 0.4) is 0 Å². The van der Waals surface area contributed by atoms with E-state index in [0.717, 1.165) is 13.6 Å². The van der Waals surface area contributed by atoms with Crippen molar-refractivity contribution in [2.24, 2.45) is 0 Å². The van der Waals surface area contributed by atoms with Gasteiger partial charge in [-0.25, -0.2) is 0 Å². The van der Waals surface area contributed by atoms with Crippen molar-refractivity contribution in [2.45, 2.75) is 6.42 Å². The first kappa shape index (κ1) is 14.0. The zero-order chi connectivity index (χ0) is 13.1. The lowest BCUT2D eigenvalue weighted by atomic mass is 10.0. The Bertz CT molecular complexity index is 598. The van der Waals surface area contributed by atoms with E-state index in [9.17, 15) is 4.79 Å². The molecule has 92 valence electrons. The van der Waals surface area contributed by atoms with Crippen LogP contribution in [0.1, 0.15) is 15.9 Å². The van der Waals surface area contributed by atoms with E-state index >= 15 is 0 Å². The number of Topliss-reactive ketones (excluding diaryl/α,β-unsaturated/α-hetero) is 1. The van der Waals surface area contributed by atoms with Crippen molar-refractivity contribution in [1.82, 2.24) is 0 Å². The van der Waals surface area contributed by atoms with E-state index in [4.69, 9.17) is 11.6 Å². The Morgan fingerprint density at radius 1 is 1.22 bits per heavy atom. The topological polar surface area (TPSA) is 17.1 Å². The molecule has 0 aromatic heterocycles. The molecule has 0 bridgehead atoms. The van der Waals surface area contributed by atoms with Crippen LogP contribution in [-0.2, 0) is 6.42 Å². The summed E-state index contributed by atoms with van der Waals surface area (Å²) in [5, 5.41) is 0.632. The molecular weight excluding hydrogens is 426 g/mol. The van der Waals surface area contributed by atoms with Gasteiger partial charge in [0.15, 0.2) is 5.78 Å². The van der Waals surface area contributed by atoms with Crippen LogP contribution in [0.15, 0.2) is 46.9 Å². The van der Waals surface area contributed by atoms with Gasteiger partial charge in [-0.2, -0.15) is 0 Å². The van der Waals surface area contributed by atoms with Crippen molar-refractivity contribution in [3.8, 4) is 0 Å². The molecule has 2 aromatic carbocycles. The highest BCUT2D eigenvalue weighted by molar-refractivity contribution is 14.1. The molecule has 0 aliphatic rings. The third-order valence-corrected chi connectivity index (χ3v) is 4.27. The van der Waals surface area contributed by atoms with Crippen molar-refractivity contribution >= 4 is 55.9 Å². The van der Waals surface area contributed by atoms with E-state index in [1.165, 1.54) is 0 Å². The zero-order valence-electron chi connectivity index (χ0n) is 9.29. The maximum absolute atomic E-state index is 12.2. The number of rotatable bonds is 3. The molecular formula is C14H9BrClIO. The van der Waals surface area contributed by atoms with Crippen LogP contribution in [0.2, 0.25) is 5.02 Å². The first-order valence-corrected chi connectivity index (χ1v) is 7.54. The Hall–Kier alpha value is -0.390. The Morgan fingerprint density at radius 3 is 2.67 bits per heavy atom. The molecule has 0 heterocycles. The largest absolute Gasteiger partial charge is 0.294 e. The lowest BCUT2D eigenvalue weighted by molar-refractivity contribution is 0.0992. The summed E-state index contributed by atoms with van der Waals surface area (Å²) >= 11 is 11.7. The third kappa shape index (κ3) is 3.33.